The molecule has 3 heteroatoms. The Balaban J connectivity index is 2.53. The van der Waals surface area contributed by atoms with Gasteiger partial charge in [-0.05, 0) is 39.0 Å². The number of nitrogen functional groups attached to an aromatic ring is 1. The van der Waals surface area contributed by atoms with E-state index in [9.17, 15) is 0 Å². The molecule has 0 saturated carbocycles. The molecule has 0 aliphatic rings. The van der Waals surface area contributed by atoms with Crippen LogP contribution in [-0.4, -0.2) is 10.6 Å². The van der Waals surface area contributed by atoms with Crippen molar-refractivity contribution in [2.75, 3.05) is 5.73 Å². The summed E-state index contributed by atoms with van der Waals surface area (Å²) in [7, 11) is 0. The number of aromatic nitrogens is 1. The van der Waals surface area contributed by atoms with Crippen molar-refractivity contribution in [1.82, 2.24) is 4.98 Å². The topological polar surface area (TPSA) is 48.1 Å². The van der Waals surface area contributed by atoms with Crippen LogP contribution in [0.15, 0.2) is 30.6 Å². The molecule has 0 atom stereocenters. The lowest BCUT2D eigenvalue weighted by Crippen LogP contribution is -2.23. The zero-order valence-electron chi connectivity index (χ0n) is 9.82. The fourth-order valence-corrected chi connectivity index (χ4v) is 1.59. The standard InChI is InChI=1S/C13H16N2O/c1-13(2,3)16-11-5-4-9-8-15-7-6-10(9)12(11)14/h4-8H,14H2,1-3H3. The van der Waals surface area contributed by atoms with Gasteiger partial charge in [0, 0.05) is 23.2 Å². The van der Waals surface area contributed by atoms with Gasteiger partial charge in [-0.3, -0.25) is 4.98 Å². The molecule has 0 bridgehead atoms. The smallest absolute Gasteiger partial charge is 0.143 e. The van der Waals surface area contributed by atoms with Gasteiger partial charge >= 0.3 is 0 Å². The molecular formula is C13H16N2O. The summed E-state index contributed by atoms with van der Waals surface area (Å²) in [6, 6.07) is 5.77. The van der Waals surface area contributed by atoms with Crippen LogP contribution in [0.3, 0.4) is 0 Å². The van der Waals surface area contributed by atoms with E-state index >= 15 is 0 Å². The van der Waals surface area contributed by atoms with Gasteiger partial charge in [-0.1, -0.05) is 0 Å². The van der Waals surface area contributed by atoms with Crippen LogP contribution in [-0.2, 0) is 0 Å². The number of hydrogen-bond donors (Lipinski definition) is 1. The van der Waals surface area contributed by atoms with Gasteiger partial charge in [-0.2, -0.15) is 0 Å². The Morgan fingerprint density at radius 3 is 2.62 bits per heavy atom. The van der Waals surface area contributed by atoms with Crippen LogP contribution in [0.4, 0.5) is 5.69 Å². The molecular weight excluding hydrogens is 200 g/mol. The second kappa shape index (κ2) is 3.67. The van der Waals surface area contributed by atoms with Gasteiger partial charge in [0.25, 0.3) is 0 Å². The van der Waals surface area contributed by atoms with Crippen molar-refractivity contribution >= 4 is 16.5 Å². The Bertz CT molecular complexity index is 515. The zero-order chi connectivity index (χ0) is 11.8. The quantitative estimate of drug-likeness (QED) is 0.745. The number of nitrogens with zero attached hydrogens (tertiary/aromatic N) is 1. The Morgan fingerprint density at radius 2 is 1.94 bits per heavy atom. The number of ether oxygens (including phenoxy) is 1. The number of anilines is 1. The molecule has 0 unspecified atom stereocenters. The maximum atomic E-state index is 6.07. The lowest BCUT2D eigenvalue weighted by molar-refractivity contribution is 0.132. The van der Waals surface area contributed by atoms with Crippen LogP contribution in [0, 0.1) is 0 Å². The maximum absolute atomic E-state index is 6.07. The second-order valence-electron chi connectivity index (χ2n) is 4.79. The molecule has 1 aromatic heterocycles. The molecule has 0 aliphatic heterocycles. The van der Waals surface area contributed by atoms with Gasteiger partial charge < -0.3 is 10.5 Å². The largest absolute Gasteiger partial charge is 0.486 e. The van der Waals surface area contributed by atoms with Gasteiger partial charge in [0.2, 0.25) is 0 Å². The van der Waals surface area contributed by atoms with Crippen molar-refractivity contribution in [3.63, 3.8) is 0 Å². The Labute approximate surface area is 95.2 Å². The number of fused-ring (bicyclic) bond motifs is 1. The van der Waals surface area contributed by atoms with Crippen molar-refractivity contribution in [3.8, 4) is 5.75 Å². The van der Waals surface area contributed by atoms with E-state index in [0.29, 0.717) is 5.69 Å². The van der Waals surface area contributed by atoms with Crippen LogP contribution in [0.2, 0.25) is 0 Å². The van der Waals surface area contributed by atoms with E-state index in [2.05, 4.69) is 4.98 Å². The highest BCUT2D eigenvalue weighted by Gasteiger charge is 2.14. The maximum Gasteiger partial charge on any atom is 0.143 e. The predicted molar refractivity (Wildman–Crippen MR) is 66.5 cm³/mol. The summed E-state index contributed by atoms with van der Waals surface area (Å²) in [6.45, 7) is 6.01. The van der Waals surface area contributed by atoms with Crippen molar-refractivity contribution in [1.29, 1.82) is 0 Å². The molecule has 1 aromatic carbocycles. The van der Waals surface area contributed by atoms with Gasteiger partial charge in [0.15, 0.2) is 0 Å². The van der Waals surface area contributed by atoms with Crippen molar-refractivity contribution < 1.29 is 4.74 Å². The number of pyridine rings is 1. The van der Waals surface area contributed by atoms with Crippen LogP contribution in [0.25, 0.3) is 10.8 Å². The zero-order valence-corrected chi connectivity index (χ0v) is 9.82. The molecule has 0 fully saturated rings. The third kappa shape index (κ3) is 2.08. The van der Waals surface area contributed by atoms with E-state index in [-0.39, 0.29) is 5.60 Å². The first kappa shape index (κ1) is 10.7. The minimum atomic E-state index is -0.241. The summed E-state index contributed by atoms with van der Waals surface area (Å²) < 4.78 is 5.80. The predicted octanol–water partition coefficient (Wildman–Crippen LogP) is 2.99. The lowest BCUT2D eigenvalue weighted by Gasteiger charge is -2.22. The minimum absolute atomic E-state index is 0.241. The molecule has 0 saturated heterocycles. The molecule has 2 rings (SSSR count). The molecule has 1 heterocycles. The summed E-state index contributed by atoms with van der Waals surface area (Å²) in [5.41, 5.74) is 6.51. The normalized spacial score (nSPS) is 11.7. The van der Waals surface area contributed by atoms with Crippen molar-refractivity contribution in [2.45, 2.75) is 26.4 Å². The van der Waals surface area contributed by atoms with E-state index in [1.54, 1.807) is 12.4 Å². The fraction of sp³-hybridized carbons (Fsp3) is 0.308. The highest BCUT2D eigenvalue weighted by atomic mass is 16.5. The Kier molecular flexibility index (Phi) is 2.46. The summed E-state index contributed by atoms with van der Waals surface area (Å²) in [4.78, 5) is 4.06. The second-order valence-corrected chi connectivity index (χ2v) is 4.79. The average molecular weight is 216 g/mol. The van der Waals surface area contributed by atoms with Crippen molar-refractivity contribution in [2.24, 2.45) is 0 Å². The molecule has 2 aromatic rings. The van der Waals surface area contributed by atoms with Crippen LogP contribution >= 0.6 is 0 Å². The number of benzene rings is 1. The van der Waals surface area contributed by atoms with Gasteiger partial charge in [-0.15, -0.1) is 0 Å². The molecule has 0 spiro atoms. The third-order valence-corrected chi connectivity index (χ3v) is 2.24. The van der Waals surface area contributed by atoms with Gasteiger partial charge in [0.05, 0.1) is 5.69 Å². The first-order valence-corrected chi connectivity index (χ1v) is 5.28. The summed E-state index contributed by atoms with van der Waals surface area (Å²) in [5.74, 6) is 0.728. The van der Waals surface area contributed by atoms with Gasteiger partial charge in [0.1, 0.15) is 11.4 Å². The highest BCUT2D eigenvalue weighted by molar-refractivity contribution is 5.95. The molecule has 0 aliphatic carbocycles. The van der Waals surface area contributed by atoms with Gasteiger partial charge in [-0.25, -0.2) is 0 Å². The first-order valence-electron chi connectivity index (χ1n) is 5.28. The molecule has 3 nitrogen and oxygen atoms in total. The molecule has 16 heavy (non-hydrogen) atoms. The van der Waals surface area contributed by atoms with Crippen molar-refractivity contribution in [3.05, 3.63) is 30.6 Å². The SMILES string of the molecule is CC(C)(C)Oc1ccc2cnccc2c1N. The summed E-state index contributed by atoms with van der Waals surface area (Å²) in [6.07, 6.45) is 3.53. The van der Waals surface area contributed by atoms with E-state index in [1.807, 2.05) is 39.0 Å². The molecule has 84 valence electrons. The molecule has 0 radical (unpaired) electrons. The van der Waals surface area contributed by atoms with E-state index in [1.165, 1.54) is 0 Å². The lowest BCUT2D eigenvalue weighted by atomic mass is 10.1. The molecule has 0 amide bonds. The van der Waals surface area contributed by atoms with E-state index in [4.69, 9.17) is 10.5 Å². The molecule has 2 N–H and O–H groups in total. The minimum Gasteiger partial charge on any atom is -0.486 e. The van der Waals surface area contributed by atoms with E-state index in [0.717, 1.165) is 16.5 Å². The summed E-state index contributed by atoms with van der Waals surface area (Å²) in [5, 5.41) is 2.01. The van der Waals surface area contributed by atoms with Crippen LogP contribution in [0.1, 0.15) is 20.8 Å². The van der Waals surface area contributed by atoms with Crippen LogP contribution < -0.4 is 10.5 Å². The highest BCUT2D eigenvalue weighted by Crippen LogP contribution is 2.32. The third-order valence-electron chi connectivity index (χ3n) is 2.24. The average Bonchev–Trinajstić information content (AvgIpc) is 2.21. The fourth-order valence-electron chi connectivity index (χ4n) is 1.59. The number of nitrogens with two attached hydrogens (primary N) is 1. The number of hydrogen-bond acceptors (Lipinski definition) is 3. The first-order chi connectivity index (χ1) is 7.47. The van der Waals surface area contributed by atoms with E-state index < -0.39 is 0 Å². The summed E-state index contributed by atoms with van der Waals surface area (Å²) >= 11 is 0. The Morgan fingerprint density at radius 1 is 1.19 bits per heavy atom. The monoisotopic (exact) mass is 216 g/mol. The Hall–Kier alpha value is -1.77. The number of rotatable bonds is 1. The van der Waals surface area contributed by atoms with Crippen LogP contribution in [0.5, 0.6) is 5.75 Å².